The number of carbonyl (C=O) groups is 1. The van der Waals surface area contributed by atoms with E-state index >= 15 is 0 Å². The van der Waals surface area contributed by atoms with E-state index in [4.69, 9.17) is 11.6 Å². The van der Waals surface area contributed by atoms with Gasteiger partial charge in [0.25, 0.3) is 0 Å². The standard InChI is InChI=1S/C19H13ClFN5OS/c20-12-1-5-14(6-2-12)25-17(27)10-28-19-16-9-24-26(18(16)22-11-23-19)15-7-3-13(21)4-8-15/h1-9,11H,10H2,(H,25,27). The van der Waals surface area contributed by atoms with Gasteiger partial charge < -0.3 is 5.32 Å². The van der Waals surface area contributed by atoms with Gasteiger partial charge in [-0.1, -0.05) is 23.4 Å². The molecule has 1 N–H and O–H groups in total. The first-order valence-corrected chi connectivity index (χ1v) is 9.59. The van der Waals surface area contributed by atoms with E-state index in [9.17, 15) is 9.18 Å². The molecule has 0 bridgehead atoms. The lowest BCUT2D eigenvalue weighted by atomic mass is 10.3. The van der Waals surface area contributed by atoms with Crippen molar-refractivity contribution in [1.29, 1.82) is 0 Å². The fourth-order valence-corrected chi connectivity index (χ4v) is 3.46. The predicted octanol–water partition coefficient (Wildman–Crippen LogP) is 4.34. The Bertz CT molecular complexity index is 1130. The number of halogens is 2. The molecule has 28 heavy (non-hydrogen) atoms. The first-order chi connectivity index (χ1) is 13.6. The topological polar surface area (TPSA) is 72.7 Å². The molecule has 0 saturated carbocycles. The SMILES string of the molecule is O=C(CSc1ncnc2c1cnn2-c1ccc(F)cc1)Nc1ccc(Cl)cc1. The fourth-order valence-electron chi connectivity index (χ4n) is 2.57. The zero-order chi connectivity index (χ0) is 19.5. The summed E-state index contributed by atoms with van der Waals surface area (Å²) in [6.45, 7) is 0. The smallest absolute Gasteiger partial charge is 0.234 e. The molecule has 0 saturated heterocycles. The van der Waals surface area contributed by atoms with E-state index in [1.54, 1.807) is 47.3 Å². The molecule has 0 fully saturated rings. The third-order valence-corrected chi connectivity index (χ3v) is 5.13. The summed E-state index contributed by atoms with van der Waals surface area (Å²) in [5.74, 6) is -0.306. The lowest BCUT2D eigenvalue weighted by molar-refractivity contribution is -0.113. The van der Waals surface area contributed by atoms with Crippen LogP contribution in [0.5, 0.6) is 0 Å². The molecule has 4 rings (SSSR count). The molecule has 2 aromatic carbocycles. The Morgan fingerprint density at radius 3 is 2.61 bits per heavy atom. The Hall–Kier alpha value is -2.97. The van der Waals surface area contributed by atoms with Crippen molar-refractivity contribution in [3.63, 3.8) is 0 Å². The largest absolute Gasteiger partial charge is 0.325 e. The molecule has 9 heteroatoms. The van der Waals surface area contributed by atoms with E-state index in [0.29, 0.717) is 27.1 Å². The van der Waals surface area contributed by atoms with Gasteiger partial charge in [-0.3, -0.25) is 4.79 Å². The van der Waals surface area contributed by atoms with Crippen LogP contribution in [0.2, 0.25) is 5.02 Å². The second-order valence-corrected chi connectivity index (χ2v) is 7.19. The molecule has 0 aliphatic heterocycles. The quantitative estimate of drug-likeness (QED) is 0.389. The van der Waals surface area contributed by atoms with E-state index < -0.39 is 0 Å². The number of hydrogen-bond acceptors (Lipinski definition) is 5. The average molecular weight is 414 g/mol. The molecule has 0 aliphatic carbocycles. The zero-order valence-corrected chi connectivity index (χ0v) is 15.9. The molecule has 0 radical (unpaired) electrons. The lowest BCUT2D eigenvalue weighted by Crippen LogP contribution is -2.14. The molecule has 0 unspecified atom stereocenters. The van der Waals surface area contributed by atoms with Gasteiger partial charge in [0, 0.05) is 10.7 Å². The molecule has 0 spiro atoms. The molecular formula is C19H13ClFN5OS. The number of thioether (sulfide) groups is 1. The number of fused-ring (bicyclic) bond motifs is 1. The number of nitrogens with zero attached hydrogens (tertiary/aromatic N) is 4. The van der Waals surface area contributed by atoms with Gasteiger partial charge in [-0.25, -0.2) is 19.0 Å². The van der Waals surface area contributed by atoms with Crippen molar-refractivity contribution in [2.24, 2.45) is 0 Å². The molecular weight excluding hydrogens is 401 g/mol. The Morgan fingerprint density at radius 1 is 1.11 bits per heavy atom. The Labute approximate surface area is 168 Å². The summed E-state index contributed by atoms with van der Waals surface area (Å²) in [5, 5.41) is 9.10. The number of anilines is 1. The summed E-state index contributed by atoms with van der Waals surface area (Å²) < 4.78 is 14.8. The number of aromatic nitrogens is 4. The monoisotopic (exact) mass is 413 g/mol. The van der Waals surface area contributed by atoms with Crippen LogP contribution in [-0.4, -0.2) is 31.4 Å². The van der Waals surface area contributed by atoms with Gasteiger partial charge in [0.15, 0.2) is 5.65 Å². The molecule has 0 aliphatic rings. The highest BCUT2D eigenvalue weighted by molar-refractivity contribution is 8.00. The molecule has 6 nitrogen and oxygen atoms in total. The average Bonchev–Trinajstić information content (AvgIpc) is 3.13. The van der Waals surface area contributed by atoms with Crippen LogP contribution < -0.4 is 5.32 Å². The highest BCUT2D eigenvalue weighted by Gasteiger charge is 2.13. The van der Waals surface area contributed by atoms with Crippen LogP contribution in [0.25, 0.3) is 16.7 Å². The summed E-state index contributed by atoms with van der Waals surface area (Å²) in [6.07, 6.45) is 3.06. The van der Waals surface area contributed by atoms with Crippen LogP contribution in [-0.2, 0) is 4.79 Å². The van der Waals surface area contributed by atoms with Gasteiger partial charge in [-0.15, -0.1) is 0 Å². The van der Waals surface area contributed by atoms with Crippen molar-refractivity contribution in [1.82, 2.24) is 19.7 Å². The Morgan fingerprint density at radius 2 is 1.86 bits per heavy atom. The van der Waals surface area contributed by atoms with E-state index in [1.807, 2.05) is 0 Å². The third-order valence-electron chi connectivity index (χ3n) is 3.87. The second-order valence-electron chi connectivity index (χ2n) is 5.79. The van der Waals surface area contributed by atoms with Gasteiger partial charge in [0.2, 0.25) is 5.91 Å². The number of hydrogen-bond donors (Lipinski definition) is 1. The molecule has 140 valence electrons. The van der Waals surface area contributed by atoms with Crippen molar-refractivity contribution in [3.8, 4) is 5.69 Å². The maximum absolute atomic E-state index is 13.2. The summed E-state index contributed by atoms with van der Waals surface area (Å²) in [4.78, 5) is 20.7. The Balaban J connectivity index is 1.50. The van der Waals surface area contributed by atoms with Gasteiger partial charge in [0.05, 0.1) is 23.0 Å². The van der Waals surface area contributed by atoms with Gasteiger partial charge in [-0.05, 0) is 48.5 Å². The molecule has 2 heterocycles. The van der Waals surface area contributed by atoms with Crippen LogP contribution >= 0.6 is 23.4 Å². The van der Waals surface area contributed by atoms with Crippen LogP contribution in [0.1, 0.15) is 0 Å². The lowest BCUT2D eigenvalue weighted by Gasteiger charge is -2.06. The second kappa shape index (κ2) is 7.95. The maximum atomic E-state index is 13.2. The van der Waals surface area contributed by atoms with Crippen molar-refractivity contribution in [2.45, 2.75) is 5.03 Å². The Kier molecular flexibility index (Phi) is 5.23. The summed E-state index contributed by atoms with van der Waals surface area (Å²) in [6, 6.07) is 12.9. The van der Waals surface area contributed by atoms with E-state index in [2.05, 4.69) is 20.4 Å². The van der Waals surface area contributed by atoms with Crippen LogP contribution in [0, 0.1) is 5.82 Å². The number of nitrogens with one attached hydrogen (secondary N) is 1. The first-order valence-electron chi connectivity index (χ1n) is 8.23. The minimum atomic E-state index is -0.321. The van der Waals surface area contributed by atoms with Gasteiger partial charge in [-0.2, -0.15) is 5.10 Å². The molecule has 0 atom stereocenters. The number of amides is 1. The normalized spacial score (nSPS) is 10.9. The van der Waals surface area contributed by atoms with Crippen LogP contribution in [0.15, 0.2) is 66.1 Å². The molecule has 2 aromatic heterocycles. The van der Waals surface area contributed by atoms with Crippen LogP contribution in [0.3, 0.4) is 0 Å². The highest BCUT2D eigenvalue weighted by atomic mass is 35.5. The minimum Gasteiger partial charge on any atom is -0.325 e. The van der Waals surface area contributed by atoms with Gasteiger partial charge in [0.1, 0.15) is 17.2 Å². The number of benzene rings is 2. The van der Waals surface area contributed by atoms with Crippen molar-refractivity contribution in [2.75, 3.05) is 11.1 Å². The van der Waals surface area contributed by atoms with E-state index in [0.717, 1.165) is 5.39 Å². The van der Waals surface area contributed by atoms with Crippen molar-refractivity contribution in [3.05, 3.63) is 71.9 Å². The molecule has 4 aromatic rings. The predicted molar refractivity (Wildman–Crippen MR) is 107 cm³/mol. The minimum absolute atomic E-state index is 0.162. The van der Waals surface area contributed by atoms with Crippen molar-refractivity contribution >= 4 is 46.0 Å². The summed E-state index contributed by atoms with van der Waals surface area (Å²) in [5.41, 5.74) is 1.95. The highest BCUT2D eigenvalue weighted by Crippen LogP contribution is 2.26. The third kappa shape index (κ3) is 3.97. The summed E-state index contributed by atoms with van der Waals surface area (Å²) >= 11 is 7.13. The number of carbonyl (C=O) groups excluding carboxylic acids is 1. The number of rotatable bonds is 5. The van der Waals surface area contributed by atoms with Crippen molar-refractivity contribution < 1.29 is 9.18 Å². The molecule has 1 amide bonds. The summed E-state index contributed by atoms with van der Waals surface area (Å²) in [7, 11) is 0. The maximum Gasteiger partial charge on any atom is 0.234 e. The van der Waals surface area contributed by atoms with Crippen LogP contribution in [0.4, 0.5) is 10.1 Å². The zero-order valence-electron chi connectivity index (χ0n) is 14.3. The fraction of sp³-hybridized carbons (Fsp3) is 0.0526. The van der Waals surface area contributed by atoms with E-state index in [-0.39, 0.29) is 17.5 Å². The van der Waals surface area contributed by atoms with Gasteiger partial charge >= 0.3 is 0 Å². The van der Waals surface area contributed by atoms with E-state index in [1.165, 1.54) is 30.2 Å². The first kappa shape index (κ1) is 18.4.